The van der Waals surface area contributed by atoms with Crippen LogP contribution in [-0.2, 0) is 11.2 Å². The molecule has 0 unspecified atom stereocenters. The molecule has 0 bridgehead atoms. The van der Waals surface area contributed by atoms with Gasteiger partial charge in [0.1, 0.15) is 6.04 Å². The normalized spacial score (nSPS) is 13.2. The zero-order chi connectivity index (χ0) is 20.7. The van der Waals surface area contributed by atoms with Gasteiger partial charge in [-0.1, -0.05) is 51.5 Å². The van der Waals surface area contributed by atoms with Gasteiger partial charge in [-0.3, -0.25) is 9.59 Å². The van der Waals surface area contributed by atoms with Crippen molar-refractivity contribution in [2.75, 3.05) is 5.32 Å². The Morgan fingerprint density at radius 1 is 1.00 bits per heavy atom. The highest BCUT2D eigenvalue weighted by atomic mass is 16.2. The van der Waals surface area contributed by atoms with Crippen LogP contribution >= 0.6 is 0 Å². The van der Waals surface area contributed by atoms with Gasteiger partial charge < -0.3 is 16.4 Å². The number of hydrogen-bond donors (Lipinski definition) is 3. The molecule has 5 heteroatoms. The van der Waals surface area contributed by atoms with Gasteiger partial charge in [0.15, 0.2) is 6.04 Å². The van der Waals surface area contributed by atoms with Crippen LogP contribution in [0.2, 0.25) is 0 Å². The van der Waals surface area contributed by atoms with Gasteiger partial charge in [-0.15, -0.1) is 0 Å². The zero-order valence-electron chi connectivity index (χ0n) is 17.2. The van der Waals surface area contributed by atoms with Crippen LogP contribution in [0, 0.1) is 5.92 Å². The molecule has 2 amide bonds. The lowest BCUT2D eigenvalue weighted by Crippen LogP contribution is -2.93. The van der Waals surface area contributed by atoms with Crippen molar-refractivity contribution in [2.24, 2.45) is 11.7 Å². The molecule has 2 rings (SSSR count). The summed E-state index contributed by atoms with van der Waals surface area (Å²) in [5.74, 6) is -0.161. The fraction of sp³-hybridized carbons (Fsp3) is 0.391. The van der Waals surface area contributed by atoms with Crippen LogP contribution in [0.4, 0.5) is 5.69 Å². The number of nitrogens with two attached hydrogens (primary N) is 2. The third-order valence-corrected chi connectivity index (χ3v) is 4.97. The SMILES string of the molecule is CCCc1ccc([C@H]([NH2+][C@H](C)C(=O)Nc2ccc(C(N)=O)cc2)C(C)C)cc1. The summed E-state index contributed by atoms with van der Waals surface area (Å²) in [5.41, 5.74) is 8.90. The number of anilines is 1. The van der Waals surface area contributed by atoms with Crippen LogP contribution < -0.4 is 16.4 Å². The fourth-order valence-corrected chi connectivity index (χ4v) is 3.29. The second-order valence-electron chi connectivity index (χ2n) is 7.67. The maximum absolute atomic E-state index is 12.6. The Morgan fingerprint density at radius 3 is 2.11 bits per heavy atom. The molecular formula is C23H32N3O2+. The minimum Gasteiger partial charge on any atom is -0.366 e. The van der Waals surface area contributed by atoms with Gasteiger partial charge in [0.05, 0.1) is 0 Å². The third kappa shape index (κ3) is 5.92. The molecule has 28 heavy (non-hydrogen) atoms. The van der Waals surface area contributed by atoms with Crippen LogP contribution in [0.15, 0.2) is 48.5 Å². The first kappa shape index (κ1) is 21.6. The molecular weight excluding hydrogens is 350 g/mol. The molecule has 0 saturated heterocycles. The Labute approximate surface area is 167 Å². The molecule has 150 valence electrons. The lowest BCUT2D eigenvalue weighted by molar-refractivity contribution is -0.718. The van der Waals surface area contributed by atoms with E-state index in [1.54, 1.807) is 24.3 Å². The minimum absolute atomic E-state index is 0.0694. The van der Waals surface area contributed by atoms with E-state index in [1.165, 1.54) is 11.1 Å². The van der Waals surface area contributed by atoms with Gasteiger partial charge in [0.2, 0.25) is 5.91 Å². The molecule has 0 spiro atoms. The Kier molecular flexibility index (Phi) is 7.76. The van der Waals surface area contributed by atoms with Crippen molar-refractivity contribution in [3.05, 3.63) is 65.2 Å². The number of rotatable bonds is 9. The Morgan fingerprint density at radius 2 is 1.61 bits per heavy atom. The highest BCUT2D eigenvalue weighted by Crippen LogP contribution is 2.19. The number of benzene rings is 2. The Balaban J connectivity index is 2.03. The van der Waals surface area contributed by atoms with Gasteiger partial charge in [-0.2, -0.15) is 0 Å². The molecule has 0 aliphatic carbocycles. The van der Waals surface area contributed by atoms with E-state index in [1.807, 2.05) is 6.92 Å². The molecule has 0 aliphatic rings. The Hall–Kier alpha value is -2.66. The minimum atomic E-state index is -0.482. The zero-order valence-corrected chi connectivity index (χ0v) is 17.2. The molecule has 5 nitrogen and oxygen atoms in total. The molecule has 0 saturated carbocycles. The van der Waals surface area contributed by atoms with Crippen LogP contribution in [0.3, 0.4) is 0 Å². The van der Waals surface area contributed by atoms with Gasteiger partial charge in [0, 0.05) is 22.7 Å². The lowest BCUT2D eigenvalue weighted by atomic mass is 9.94. The number of hydrogen-bond acceptors (Lipinski definition) is 2. The van der Waals surface area contributed by atoms with Crippen molar-refractivity contribution in [3.8, 4) is 0 Å². The standard InChI is InChI=1S/C23H31N3O2/c1-5-6-17-7-9-18(10-8-17)21(15(2)3)25-16(4)23(28)26-20-13-11-19(12-14-20)22(24)27/h7-16,21,25H,5-6H2,1-4H3,(H2,24,27)(H,26,28)/p+1/t16-,21-/m1/s1. The van der Waals surface area contributed by atoms with Crippen LogP contribution in [0.5, 0.6) is 0 Å². The molecule has 0 aliphatic heterocycles. The summed E-state index contributed by atoms with van der Waals surface area (Å²) in [7, 11) is 0. The smallest absolute Gasteiger partial charge is 0.282 e. The second kappa shape index (κ2) is 10.0. The number of primary amides is 1. The number of carbonyl (C=O) groups excluding carboxylic acids is 2. The van der Waals surface area contributed by atoms with Gasteiger partial charge in [-0.25, -0.2) is 0 Å². The summed E-state index contributed by atoms with van der Waals surface area (Å²) in [5, 5.41) is 5.02. The van der Waals surface area contributed by atoms with E-state index in [9.17, 15) is 9.59 Å². The first-order valence-corrected chi connectivity index (χ1v) is 9.96. The summed E-state index contributed by atoms with van der Waals surface area (Å²) in [6.45, 7) is 8.44. The average Bonchev–Trinajstić information content (AvgIpc) is 2.67. The summed E-state index contributed by atoms with van der Waals surface area (Å²) in [6, 6.07) is 15.3. The number of aryl methyl sites for hydroxylation is 1. The second-order valence-corrected chi connectivity index (χ2v) is 7.67. The van der Waals surface area contributed by atoms with E-state index >= 15 is 0 Å². The topological polar surface area (TPSA) is 88.8 Å². The van der Waals surface area contributed by atoms with Crippen molar-refractivity contribution in [1.29, 1.82) is 0 Å². The first-order chi connectivity index (χ1) is 13.3. The largest absolute Gasteiger partial charge is 0.366 e. The molecule has 5 N–H and O–H groups in total. The molecule has 0 fully saturated rings. The number of nitrogens with one attached hydrogen (secondary N) is 1. The van der Waals surface area contributed by atoms with Gasteiger partial charge >= 0.3 is 0 Å². The first-order valence-electron chi connectivity index (χ1n) is 9.96. The van der Waals surface area contributed by atoms with E-state index in [4.69, 9.17) is 5.73 Å². The van der Waals surface area contributed by atoms with Crippen molar-refractivity contribution in [2.45, 2.75) is 52.6 Å². The average molecular weight is 383 g/mol. The molecule has 0 heterocycles. The molecule has 2 aromatic carbocycles. The van der Waals surface area contributed by atoms with E-state index in [0.29, 0.717) is 17.2 Å². The van der Waals surface area contributed by atoms with E-state index < -0.39 is 5.91 Å². The maximum atomic E-state index is 12.6. The molecule has 0 aromatic heterocycles. The van der Waals surface area contributed by atoms with Gasteiger partial charge in [0.25, 0.3) is 5.91 Å². The molecule has 2 atom stereocenters. The maximum Gasteiger partial charge on any atom is 0.282 e. The fourth-order valence-electron chi connectivity index (χ4n) is 3.29. The monoisotopic (exact) mass is 382 g/mol. The number of amides is 2. The van der Waals surface area contributed by atoms with Crippen molar-refractivity contribution in [3.63, 3.8) is 0 Å². The van der Waals surface area contributed by atoms with Crippen LogP contribution in [-0.4, -0.2) is 17.9 Å². The Bertz CT molecular complexity index is 782. The number of carbonyl (C=O) groups is 2. The summed E-state index contributed by atoms with van der Waals surface area (Å²) >= 11 is 0. The highest BCUT2D eigenvalue weighted by molar-refractivity contribution is 5.95. The van der Waals surface area contributed by atoms with Gasteiger partial charge in [-0.05, 0) is 43.2 Å². The van der Waals surface area contributed by atoms with E-state index in [0.717, 1.165) is 12.8 Å². The predicted octanol–water partition coefficient (Wildman–Crippen LogP) is 3.03. The summed E-state index contributed by atoms with van der Waals surface area (Å²) in [4.78, 5) is 23.8. The van der Waals surface area contributed by atoms with Crippen molar-refractivity contribution >= 4 is 17.5 Å². The summed E-state index contributed by atoms with van der Waals surface area (Å²) < 4.78 is 0. The van der Waals surface area contributed by atoms with Crippen molar-refractivity contribution < 1.29 is 14.9 Å². The molecule has 2 aromatic rings. The number of quaternary nitrogens is 1. The van der Waals surface area contributed by atoms with Crippen LogP contribution in [0.25, 0.3) is 0 Å². The third-order valence-electron chi connectivity index (χ3n) is 4.97. The quantitative estimate of drug-likeness (QED) is 0.622. The van der Waals surface area contributed by atoms with E-state index in [-0.39, 0.29) is 18.0 Å². The highest BCUT2D eigenvalue weighted by Gasteiger charge is 2.26. The lowest BCUT2D eigenvalue weighted by Gasteiger charge is -2.23. The molecule has 0 radical (unpaired) electrons. The van der Waals surface area contributed by atoms with E-state index in [2.05, 4.69) is 55.7 Å². The van der Waals surface area contributed by atoms with Crippen LogP contribution in [0.1, 0.15) is 61.6 Å². The predicted molar refractivity (Wildman–Crippen MR) is 113 cm³/mol. The summed E-state index contributed by atoms with van der Waals surface area (Å²) in [6.07, 6.45) is 2.22. The van der Waals surface area contributed by atoms with Crippen molar-refractivity contribution in [1.82, 2.24) is 0 Å².